The zero-order chi connectivity index (χ0) is 16.4. The molecule has 1 aliphatic heterocycles. The molecule has 3 rings (SSSR count). The van der Waals surface area contributed by atoms with Crippen molar-refractivity contribution in [3.05, 3.63) is 17.5 Å². The molecule has 7 heteroatoms. The summed E-state index contributed by atoms with van der Waals surface area (Å²) in [6.45, 7) is 1.95. The quantitative estimate of drug-likeness (QED) is 0.820. The number of aryl methyl sites for hydroxylation is 1. The molecule has 0 aromatic carbocycles. The summed E-state index contributed by atoms with van der Waals surface area (Å²) in [5.41, 5.74) is 1.29. The number of piperidine rings is 1. The molecule has 1 aliphatic carbocycles. The van der Waals surface area contributed by atoms with E-state index in [1.165, 1.54) is 19.3 Å². The Morgan fingerprint density at radius 2 is 2.00 bits per heavy atom. The van der Waals surface area contributed by atoms with Gasteiger partial charge in [-0.25, -0.2) is 0 Å². The maximum absolute atomic E-state index is 12.3. The van der Waals surface area contributed by atoms with Crippen LogP contribution in [0.4, 0.5) is 0 Å². The maximum Gasteiger partial charge on any atom is 0.272 e. The molecule has 7 nitrogen and oxygen atoms in total. The van der Waals surface area contributed by atoms with E-state index < -0.39 is 11.9 Å². The van der Waals surface area contributed by atoms with Gasteiger partial charge >= 0.3 is 0 Å². The normalized spacial score (nSPS) is 22.7. The van der Waals surface area contributed by atoms with Gasteiger partial charge in [-0.2, -0.15) is 5.10 Å². The van der Waals surface area contributed by atoms with Crippen molar-refractivity contribution >= 4 is 17.7 Å². The van der Waals surface area contributed by atoms with Crippen LogP contribution in [0.25, 0.3) is 0 Å². The van der Waals surface area contributed by atoms with Crippen molar-refractivity contribution in [1.29, 1.82) is 0 Å². The van der Waals surface area contributed by atoms with Gasteiger partial charge in [0.15, 0.2) is 0 Å². The van der Waals surface area contributed by atoms with Crippen molar-refractivity contribution < 1.29 is 14.4 Å². The summed E-state index contributed by atoms with van der Waals surface area (Å²) in [5.74, 6) is -1.10. The summed E-state index contributed by atoms with van der Waals surface area (Å²) in [7, 11) is 0. The standard InChI is InChI=1S/C16H22N4O3/c1-10-9-13(19-20(10)11-5-3-2-4-6-11)16(23)17-12-7-8-14(21)18-15(12)22/h9,11-12H,2-8H2,1H3,(H,17,23)(H,18,21,22). The predicted octanol–water partition coefficient (Wildman–Crippen LogP) is 1.23. The molecule has 2 N–H and O–H groups in total. The van der Waals surface area contributed by atoms with E-state index in [0.29, 0.717) is 18.2 Å². The summed E-state index contributed by atoms with van der Waals surface area (Å²) >= 11 is 0. The van der Waals surface area contributed by atoms with Gasteiger partial charge in [0.1, 0.15) is 11.7 Å². The van der Waals surface area contributed by atoms with Gasteiger partial charge in [-0.15, -0.1) is 0 Å². The average molecular weight is 318 g/mol. The molecular formula is C16H22N4O3. The fourth-order valence-electron chi connectivity index (χ4n) is 3.36. The van der Waals surface area contributed by atoms with Crippen LogP contribution in [0.3, 0.4) is 0 Å². The van der Waals surface area contributed by atoms with E-state index in [-0.39, 0.29) is 18.2 Å². The highest BCUT2D eigenvalue weighted by molar-refractivity contribution is 6.03. The Bertz CT molecular complexity index is 631. The van der Waals surface area contributed by atoms with Crippen molar-refractivity contribution in [2.75, 3.05) is 0 Å². The van der Waals surface area contributed by atoms with Crippen molar-refractivity contribution in [1.82, 2.24) is 20.4 Å². The highest BCUT2D eigenvalue weighted by atomic mass is 16.2. The number of hydrogen-bond acceptors (Lipinski definition) is 4. The first-order chi connectivity index (χ1) is 11.0. The van der Waals surface area contributed by atoms with Crippen molar-refractivity contribution in [3.8, 4) is 0 Å². The molecule has 3 amide bonds. The molecule has 1 unspecified atom stereocenters. The molecule has 1 atom stereocenters. The zero-order valence-electron chi connectivity index (χ0n) is 13.3. The first-order valence-corrected chi connectivity index (χ1v) is 8.25. The topological polar surface area (TPSA) is 93.1 Å². The summed E-state index contributed by atoms with van der Waals surface area (Å²) in [6, 6.07) is 1.46. The first-order valence-electron chi connectivity index (χ1n) is 8.25. The third kappa shape index (κ3) is 3.43. The minimum absolute atomic E-state index is 0.242. The SMILES string of the molecule is Cc1cc(C(=O)NC2CCC(=O)NC2=O)nn1C1CCCCC1. The van der Waals surface area contributed by atoms with E-state index in [4.69, 9.17) is 0 Å². The molecule has 1 saturated heterocycles. The molecule has 124 valence electrons. The van der Waals surface area contributed by atoms with Crippen molar-refractivity contribution in [2.24, 2.45) is 0 Å². The lowest BCUT2D eigenvalue weighted by molar-refractivity contribution is -0.134. The Morgan fingerprint density at radius 1 is 1.26 bits per heavy atom. The number of carbonyl (C=O) groups excluding carboxylic acids is 3. The zero-order valence-corrected chi connectivity index (χ0v) is 13.3. The third-order valence-corrected chi connectivity index (χ3v) is 4.62. The second kappa shape index (κ2) is 6.52. The van der Waals surface area contributed by atoms with E-state index in [0.717, 1.165) is 18.5 Å². The summed E-state index contributed by atoms with van der Waals surface area (Å²) < 4.78 is 1.94. The van der Waals surface area contributed by atoms with Gasteiger partial charge in [0, 0.05) is 12.1 Å². The molecule has 2 heterocycles. The molecule has 1 aromatic rings. The van der Waals surface area contributed by atoms with Crippen LogP contribution in [0.1, 0.15) is 67.2 Å². The van der Waals surface area contributed by atoms with Gasteiger partial charge in [-0.05, 0) is 32.3 Å². The molecule has 0 bridgehead atoms. The number of imide groups is 1. The number of rotatable bonds is 3. The minimum atomic E-state index is -0.666. The van der Waals surface area contributed by atoms with E-state index in [1.807, 2.05) is 11.6 Å². The smallest absolute Gasteiger partial charge is 0.272 e. The van der Waals surface area contributed by atoms with Gasteiger partial charge in [0.2, 0.25) is 11.8 Å². The highest BCUT2D eigenvalue weighted by Crippen LogP contribution is 2.28. The number of aromatic nitrogens is 2. The number of carbonyl (C=O) groups is 3. The summed E-state index contributed by atoms with van der Waals surface area (Å²) in [4.78, 5) is 35.2. The molecule has 2 aliphatic rings. The van der Waals surface area contributed by atoms with E-state index in [2.05, 4.69) is 15.7 Å². The van der Waals surface area contributed by atoms with Crippen molar-refractivity contribution in [2.45, 2.75) is 64.0 Å². The second-order valence-electron chi connectivity index (χ2n) is 6.38. The Morgan fingerprint density at radius 3 is 2.70 bits per heavy atom. The van der Waals surface area contributed by atoms with Crippen LogP contribution in [0.2, 0.25) is 0 Å². The van der Waals surface area contributed by atoms with Gasteiger partial charge in [-0.1, -0.05) is 19.3 Å². The average Bonchev–Trinajstić information content (AvgIpc) is 2.93. The summed E-state index contributed by atoms with van der Waals surface area (Å²) in [6.07, 6.45) is 6.42. The fraction of sp³-hybridized carbons (Fsp3) is 0.625. The largest absolute Gasteiger partial charge is 0.339 e. The molecule has 0 spiro atoms. The minimum Gasteiger partial charge on any atom is -0.339 e. The number of nitrogens with one attached hydrogen (secondary N) is 2. The Labute approximate surface area is 134 Å². The van der Waals surface area contributed by atoms with Gasteiger partial charge < -0.3 is 5.32 Å². The third-order valence-electron chi connectivity index (χ3n) is 4.62. The van der Waals surface area contributed by atoms with Gasteiger partial charge in [0.25, 0.3) is 5.91 Å². The van der Waals surface area contributed by atoms with Crippen LogP contribution in [0, 0.1) is 6.92 Å². The first kappa shape index (κ1) is 15.7. The molecule has 1 saturated carbocycles. The molecule has 2 fully saturated rings. The Hall–Kier alpha value is -2.18. The lowest BCUT2D eigenvalue weighted by Gasteiger charge is -2.23. The van der Waals surface area contributed by atoms with Crippen LogP contribution in [0.5, 0.6) is 0 Å². The Balaban J connectivity index is 1.68. The summed E-state index contributed by atoms with van der Waals surface area (Å²) in [5, 5.41) is 9.35. The van der Waals surface area contributed by atoms with Crippen LogP contribution < -0.4 is 10.6 Å². The van der Waals surface area contributed by atoms with E-state index >= 15 is 0 Å². The Kier molecular flexibility index (Phi) is 4.45. The fourth-order valence-corrected chi connectivity index (χ4v) is 3.36. The van der Waals surface area contributed by atoms with Crippen LogP contribution >= 0.6 is 0 Å². The monoisotopic (exact) mass is 318 g/mol. The number of hydrogen-bond donors (Lipinski definition) is 2. The van der Waals surface area contributed by atoms with Crippen LogP contribution in [-0.2, 0) is 9.59 Å². The van der Waals surface area contributed by atoms with Gasteiger partial charge in [0.05, 0.1) is 6.04 Å². The second-order valence-corrected chi connectivity index (χ2v) is 6.38. The van der Waals surface area contributed by atoms with Crippen LogP contribution in [0.15, 0.2) is 6.07 Å². The molecule has 0 radical (unpaired) electrons. The maximum atomic E-state index is 12.3. The highest BCUT2D eigenvalue weighted by Gasteiger charge is 2.29. The lowest BCUT2D eigenvalue weighted by atomic mass is 9.95. The molecule has 1 aromatic heterocycles. The number of nitrogens with zero attached hydrogens (tertiary/aromatic N) is 2. The molecular weight excluding hydrogens is 296 g/mol. The van der Waals surface area contributed by atoms with Crippen molar-refractivity contribution in [3.63, 3.8) is 0 Å². The number of amides is 3. The lowest BCUT2D eigenvalue weighted by Crippen LogP contribution is -2.52. The van der Waals surface area contributed by atoms with Gasteiger partial charge in [-0.3, -0.25) is 24.4 Å². The predicted molar refractivity (Wildman–Crippen MR) is 82.7 cm³/mol. The van der Waals surface area contributed by atoms with E-state index in [9.17, 15) is 14.4 Å². The van der Waals surface area contributed by atoms with Crippen LogP contribution in [-0.4, -0.2) is 33.5 Å². The molecule has 23 heavy (non-hydrogen) atoms. The van der Waals surface area contributed by atoms with E-state index in [1.54, 1.807) is 6.07 Å².